The van der Waals surface area contributed by atoms with E-state index in [4.69, 9.17) is 4.74 Å². The van der Waals surface area contributed by atoms with Crippen LogP contribution in [0.25, 0.3) is 0 Å². The number of rotatable bonds is 4. The number of morpholine rings is 1. The summed E-state index contributed by atoms with van der Waals surface area (Å²) in [6.45, 7) is 5.66. The summed E-state index contributed by atoms with van der Waals surface area (Å²) in [4.78, 5) is 21.5. The number of halogens is 1. The van der Waals surface area contributed by atoms with Gasteiger partial charge in [-0.05, 0) is 25.0 Å². The molecule has 2 aliphatic heterocycles. The molecule has 2 aromatic rings. The van der Waals surface area contributed by atoms with Crippen LogP contribution in [0, 0.1) is 0 Å². The average molecular weight is 524 g/mol. The number of hydrogen-bond donors (Lipinski definition) is 1. The monoisotopic (exact) mass is 524 g/mol. The molecule has 4 rings (SSSR count). The maximum absolute atomic E-state index is 12.8. The average Bonchev–Trinajstić information content (AvgIpc) is 3.37. The van der Waals surface area contributed by atoms with Gasteiger partial charge in [0.15, 0.2) is 5.96 Å². The summed E-state index contributed by atoms with van der Waals surface area (Å²) in [7, 11) is 1.90. The second kappa shape index (κ2) is 10.3. The summed E-state index contributed by atoms with van der Waals surface area (Å²) in [6.07, 6.45) is 4.67. The number of nitrogens with zero attached hydrogens (tertiary/aromatic N) is 5. The van der Waals surface area contributed by atoms with Gasteiger partial charge in [-0.2, -0.15) is 5.10 Å². The lowest BCUT2D eigenvalue weighted by atomic mass is 10.1. The predicted molar refractivity (Wildman–Crippen MR) is 127 cm³/mol. The molecule has 1 N–H and O–H groups in total. The molecule has 1 unspecified atom stereocenters. The zero-order chi connectivity index (χ0) is 20.2. The van der Waals surface area contributed by atoms with Crippen LogP contribution in [0.1, 0.15) is 24.2 Å². The molecule has 3 heterocycles. The topological polar surface area (TPSA) is 75.0 Å². The zero-order valence-electron chi connectivity index (χ0n) is 17.5. The summed E-state index contributed by atoms with van der Waals surface area (Å²) in [5.41, 5.74) is 3.29. The van der Waals surface area contributed by atoms with Crippen LogP contribution in [0.5, 0.6) is 0 Å². The van der Waals surface area contributed by atoms with E-state index in [9.17, 15) is 4.79 Å². The minimum absolute atomic E-state index is 0. The first-order valence-electron chi connectivity index (χ1n) is 10.2. The van der Waals surface area contributed by atoms with Crippen LogP contribution in [-0.4, -0.2) is 65.9 Å². The highest BCUT2D eigenvalue weighted by Gasteiger charge is 2.27. The highest BCUT2D eigenvalue weighted by molar-refractivity contribution is 14.0. The number of fused-ring (bicyclic) bond motifs is 1. The van der Waals surface area contributed by atoms with Crippen molar-refractivity contribution in [1.82, 2.24) is 20.0 Å². The molecule has 0 saturated carbocycles. The van der Waals surface area contributed by atoms with Gasteiger partial charge in [-0.25, -0.2) is 4.99 Å². The van der Waals surface area contributed by atoms with E-state index in [1.54, 1.807) is 4.68 Å². The normalized spacial score (nSPS) is 18.7. The molecule has 1 saturated heterocycles. The maximum Gasteiger partial charge on any atom is 0.248 e. The molecule has 8 nitrogen and oxygen atoms in total. The Morgan fingerprint density at radius 3 is 2.93 bits per heavy atom. The van der Waals surface area contributed by atoms with E-state index in [0.717, 1.165) is 43.3 Å². The smallest absolute Gasteiger partial charge is 0.248 e. The van der Waals surface area contributed by atoms with Crippen molar-refractivity contribution in [2.24, 2.45) is 12.0 Å². The van der Waals surface area contributed by atoms with Gasteiger partial charge < -0.3 is 19.9 Å². The number of carbonyl (C=O) groups is 1. The Hall–Kier alpha value is -2.14. The van der Waals surface area contributed by atoms with E-state index < -0.39 is 0 Å². The summed E-state index contributed by atoms with van der Waals surface area (Å²) >= 11 is 0. The molecule has 1 amide bonds. The number of benzene rings is 1. The van der Waals surface area contributed by atoms with Crippen molar-refractivity contribution in [2.75, 3.05) is 44.2 Å². The number of aromatic nitrogens is 2. The standard InChI is InChI=1S/C21H28N6O2.HI/c1-3-22-21(26-10-11-29-19(15-26)17-12-24-25(2)14-17)23-13-20(28)27-9-8-16-6-4-5-7-18(16)27;/h4-7,12,14,19H,3,8-11,13,15H2,1-2H3,(H,22,23);1H. The number of carbonyl (C=O) groups excluding carboxylic acids is 1. The number of aliphatic imine (C=N–C) groups is 1. The Kier molecular flexibility index (Phi) is 7.70. The van der Waals surface area contributed by atoms with E-state index in [1.807, 2.05) is 49.5 Å². The molecule has 1 aromatic heterocycles. The van der Waals surface area contributed by atoms with Crippen molar-refractivity contribution in [3.8, 4) is 0 Å². The number of para-hydroxylation sites is 1. The van der Waals surface area contributed by atoms with Crippen LogP contribution < -0.4 is 10.2 Å². The third-order valence-corrected chi connectivity index (χ3v) is 5.35. The van der Waals surface area contributed by atoms with Crippen molar-refractivity contribution >= 4 is 41.5 Å². The molecule has 162 valence electrons. The van der Waals surface area contributed by atoms with Crippen LogP contribution in [0.4, 0.5) is 5.69 Å². The van der Waals surface area contributed by atoms with Crippen molar-refractivity contribution in [3.63, 3.8) is 0 Å². The number of guanidine groups is 1. The predicted octanol–water partition coefficient (Wildman–Crippen LogP) is 1.97. The Morgan fingerprint density at radius 2 is 2.17 bits per heavy atom. The second-order valence-corrected chi connectivity index (χ2v) is 7.35. The number of hydrogen-bond acceptors (Lipinski definition) is 4. The largest absolute Gasteiger partial charge is 0.370 e. The van der Waals surface area contributed by atoms with E-state index in [0.29, 0.717) is 13.2 Å². The summed E-state index contributed by atoms with van der Waals surface area (Å²) in [5.74, 6) is 0.785. The molecular weight excluding hydrogens is 495 g/mol. The minimum Gasteiger partial charge on any atom is -0.370 e. The molecular formula is C21H29IN6O2. The third kappa shape index (κ3) is 4.94. The van der Waals surface area contributed by atoms with Gasteiger partial charge in [0.1, 0.15) is 12.6 Å². The highest BCUT2D eigenvalue weighted by Crippen LogP contribution is 2.27. The van der Waals surface area contributed by atoms with E-state index >= 15 is 0 Å². The van der Waals surface area contributed by atoms with Gasteiger partial charge in [0, 0.05) is 44.1 Å². The Labute approximate surface area is 194 Å². The number of ether oxygens (including phenoxy) is 1. The lowest BCUT2D eigenvalue weighted by Gasteiger charge is -2.34. The van der Waals surface area contributed by atoms with E-state index in [1.165, 1.54) is 5.56 Å². The molecule has 1 fully saturated rings. The summed E-state index contributed by atoms with van der Waals surface area (Å²) in [6, 6.07) is 8.09. The fourth-order valence-electron chi connectivity index (χ4n) is 3.90. The quantitative estimate of drug-likeness (QED) is 0.376. The first kappa shape index (κ1) is 22.5. The number of aryl methyl sites for hydroxylation is 1. The van der Waals surface area contributed by atoms with E-state index in [2.05, 4.69) is 26.4 Å². The first-order valence-corrected chi connectivity index (χ1v) is 10.2. The Bertz CT molecular complexity index is 899. The van der Waals surface area contributed by atoms with Crippen LogP contribution in [0.3, 0.4) is 0 Å². The number of anilines is 1. The van der Waals surface area contributed by atoms with Gasteiger partial charge in [0.25, 0.3) is 0 Å². The van der Waals surface area contributed by atoms with Crippen LogP contribution >= 0.6 is 24.0 Å². The van der Waals surface area contributed by atoms with Crippen LogP contribution in [0.15, 0.2) is 41.7 Å². The Balaban J connectivity index is 0.00000256. The van der Waals surface area contributed by atoms with Gasteiger partial charge in [0.2, 0.25) is 5.91 Å². The fourth-order valence-corrected chi connectivity index (χ4v) is 3.90. The molecule has 0 aliphatic carbocycles. The van der Waals surface area contributed by atoms with Gasteiger partial charge in [-0.3, -0.25) is 9.48 Å². The zero-order valence-corrected chi connectivity index (χ0v) is 19.8. The van der Waals surface area contributed by atoms with Crippen LogP contribution in [0.2, 0.25) is 0 Å². The third-order valence-electron chi connectivity index (χ3n) is 5.35. The van der Waals surface area contributed by atoms with Crippen molar-refractivity contribution in [2.45, 2.75) is 19.4 Å². The van der Waals surface area contributed by atoms with E-state index in [-0.39, 0.29) is 42.5 Å². The van der Waals surface area contributed by atoms with Gasteiger partial charge in [-0.15, -0.1) is 24.0 Å². The summed E-state index contributed by atoms with van der Waals surface area (Å²) < 4.78 is 7.71. The molecule has 0 bridgehead atoms. The van der Waals surface area contributed by atoms with Gasteiger partial charge in [0.05, 0.1) is 19.3 Å². The number of nitrogens with one attached hydrogen (secondary N) is 1. The minimum atomic E-state index is -0.0533. The van der Waals surface area contributed by atoms with Crippen LogP contribution in [-0.2, 0) is 23.0 Å². The number of amides is 1. The molecule has 0 spiro atoms. The highest BCUT2D eigenvalue weighted by atomic mass is 127. The first-order chi connectivity index (χ1) is 14.2. The lowest BCUT2D eigenvalue weighted by molar-refractivity contribution is -0.117. The summed E-state index contributed by atoms with van der Waals surface area (Å²) in [5, 5.41) is 7.57. The Morgan fingerprint density at radius 1 is 1.33 bits per heavy atom. The molecule has 30 heavy (non-hydrogen) atoms. The maximum atomic E-state index is 12.8. The molecule has 1 aromatic carbocycles. The van der Waals surface area contributed by atoms with Crippen molar-refractivity contribution < 1.29 is 9.53 Å². The fraction of sp³-hybridized carbons (Fsp3) is 0.476. The second-order valence-electron chi connectivity index (χ2n) is 7.35. The van der Waals surface area contributed by atoms with Crippen molar-refractivity contribution in [3.05, 3.63) is 47.8 Å². The molecule has 1 atom stereocenters. The molecule has 0 radical (unpaired) electrons. The molecule has 2 aliphatic rings. The molecule has 9 heteroatoms. The SMILES string of the molecule is CCNC(=NCC(=O)N1CCc2ccccc21)N1CCOC(c2cnn(C)c2)C1.I. The van der Waals surface area contributed by atoms with Gasteiger partial charge in [-0.1, -0.05) is 18.2 Å². The van der Waals surface area contributed by atoms with Gasteiger partial charge >= 0.3 is 0 Å². The lowest BCUT2D eigenvalue weighted by Crippen LogP contribution is -2.48. The van der Waals surface area contributed by atoms with Crippen molar-refractivity contribution in [1.29, 1.82) is 0 Å².